The van der Waals surface area contributed by atoms with Crippen molar-refractivity contribution in [1.29, 1.82) is 0 Å². The topological polar surface area (TPSA) is 80.5 Å². The standard InChI is InChI=1S/C26H24Br2N4O3/c27-21-3-1-2-19(11-21)25(33)15-32-14-24(29-30-32)20-8-9-31(13-20)26(34)16-35-23-7-5-17-10-22(28)6-4-18(17)12-23/h1-7,10-12,14,20,25,33H,8-9,13,15-16H2/t20?,25-/m1/s1. The van der Waals surface area contributed by atoms with Crippen molar-refractivity contribution >= 4 is 48.5 Å². The van der Waals surface area contributed by atoms with Crippen LogP contribution in [0.5, 0.6) is 5.75 Å². The number of rotatable bonds is 7. The molecule has 9 heteroatoms. The van der Waals surface area contributed by atoms with Crippen molar-refractivity contribution in [2.45, 2.75) is 25.0 Å². The number of amides is 1. The first-order chi connectivity index (χ1) is 16.9. The van der Waals surface area contributed by atoms with E-state index in [1.54, 1.807) is 4.68 Å². The Kier molecular flexibility index (Phi) is 7.17. The maximum Gasteiger partial charge on any atom is 0.260 e. The second kappa shape index (κ2) is 10.5. The third kappa shape index (κ3) is 5.74. The van der Waals surface area contributed by atoms with Gasteiger partial charge in [-0.05, 0) is 59.2 Å². The zero-order valence-corrected chi connectivity index (χ0v) is 22.0. The molecule has 35 heavy (non-hydrogen) atoms. The van der Waals surface area contributed by atoms with Crippen LogP contribution < -0.4 is 4.74 Å². The molecule has 2 atom stereocenters. The third-order valence-corrected chi connectivity index (χ3v) is 7.23. The molecule has 0 radical (unpaired) electrons. The highest BCUT2D eigenvalue weighted by atomic mass is 79.9. The molecule has 1 saturated heterocycles. The van der Waals surface area contributed by atoms with Gasteiger partial charge in [-0.15, -0.1) is 5.10 Å². The van der Waals surface area contributed by atoms with Gasteiger partial charge < -0.3 is 14.7 Å². The van der Waals surface area contributed by atoms with Crippen LogP contribution in [0.4, 0.5) is 0 Å². The Bertz CT molecular complexity index is 1360. The lowest BCUT2D eigenvalue weighted by molar-refractivity contribution is -0.132. The zero-order chi connectivity index (χ0) is 24.4. The van der Waals surface area contributed by atoms with Gasteiger partial charge in [-0.3, -0.25) is 4.79 Å². The van der Waals surface area contributed by atoms with E-state index >= 15 is 0 Å². The number of carbonyl (C=O) groups is 1. The third-order valence-electron chi connectivity index (χ3n) is 6.25. The van der Waals surface area contributed by atoms with Crippen LogP contribution in [0, 0.1) is 0 Å². The van der Waals surface area contributed by atoms with Gasteiger partial charge in [0.2, 0.25) is 0 Å². The van der Waals surface area contributed by atoms with Gasteiger partial charge >= 0.3 is 0 Å². The largest absolute Gasteiger partial charge is 0.484 e. The number of likely N-dealkylation sites (tertiary alicyclic amines) is 1. The molecule has 1 fully saturated rings. The molecule has 1 aliphatic rings. The summed E-state index contributed by atoms with van der Waals surface area (Å²) < 4.78 is 9.40. The summed E-state index contributed by atoms with van der Waals surface area (Å²) >= 11 is 6.91. The van der Waals surface area contributed by atoms with Crippen molar-refractivity contribution in [2.24, 2.45) is 0 Å². The van der Waals surface area contributed by atoms with E-state index in [4.69, 9.17) is 4.74 Å². The molecule has 1 N–H and O–H groups in total. The van der Waals surface area contributed by atoms with Crippen molar-refractivity contribution in [3.8, 4) is 5.75 Å². The average molecular weight is 600 g/mol. The van der Waals surface area contributed by atoms with Crippen LogP contribution in [0.15, 0.2) is 75.8 Å². The molecular formula is C26H24Br2N4O3. The summed E-state index contributed by atoms with van der Waals surface area (Å²) in [6, 6.07) is 19.5. The van der Waals surface area contributed by atoms with Gasteiger partial charge in [-0.25, -0.2) is 4.68 Å². The number of aliphatic hydroxyl groups is 1. The number of hydrogen-bond donors (Lipinski definition) is 1. The van der Waals surface area contributed by atoms with Crippen LogP contribution in [-0.4, -0.2) is 50.6 Å². The van der Waals surface area contributed by atoms with Gasteiger partial charge in [0.1, 0.15) is 5.75 Å². The Labute approximate surface area is 220 Å². The van der Waals surface area contributed by atoms with Crippen molar-refractivity contribution in [2.75, 3.05) is 19.7 Å². The number of carbonyl (C=O) groups excluding carboxylic acids is 1. The first kappa shape index (κ1) is 24.0. The van der Waals surface area contributed by atoms with E-state index in [9.17, 15) is 9.90 Å². The molecule has 0 spiro atoms. The summed E-state index contributed by atoms with van der Waals surface area (Å²) in [5, 5.41) is 21.2. The van der Waals surface area contributed by atoms with Crippen molar-refractivity contribution < 1.29 is 14.6 Å². The van der Waals surface area contributed by atoms with Gasteiger partial charge in [0.05, 0.1) is 18.3 Å². The van der Waals surface area contributed by atoms with Crippen LogP contribution >= 0.6 is 31.9 Å². The van der Waals surface area contributed by atoms with Crippen molar-refractivity contribution in [3.63, 3.8) is 0 Å². The minimum atomic E-state index is -0.683. The highest BCUT2D eigenvalue weighted by Gasteiger charge is 2.29. The van der Waals surface area contributed by atoms with E-state index in [1.807, 2.05) is 71.8 Å². The summed E-state index contributed by atoms with van der Waals surface area (Å²) in [6.45, 7) is 1.56. The van der Waals surface area contributed by atoms with Crippen LogP contribution in [0.2, 0.25) is 0 Å². The number of halogens is 2. The van der Waals surface area contributed by atoms with E-state index in [0.29, 0.717) is 25.4 Å². The zero-order valence-electron chi connectivity index (χ0n) is 18.8. The highest BCUT2D eigenvalue weighted by Crippen LogP contribution is 2.27. The minimum Gasteiger partial charge on any atom is -0.484 e. The summed E-state index contributed by atoms with van der Waals surface area (Å²) in [6.07, 6.45) is 2.00. The molecule has 0 bridgehead atoms. The molecule has 4 aromatic rings. The monoisotopic (exact) mass is 598 g/mol. The van der Waals surface area contributed by atoms with Gasteiger partial charge in [0.25, 0.3) is 5.91 Å². The first-order valence-electron chi connectivity index (χ1n) is 11.4. The number of aliphatic hydroxyl groups excluding tert-OH is 1. The molecule has 1 unspecified atom stereocenters. The summed E-state index contributed by atoms with van der Waals surface area (Å²) in [4.78, 5) is 14.6. The first-order valence-corrected chi connectivity index (χ1v) is 13.0. The lowest BCUT2D eigenvalue weighted by atomic mass is 10.1. The Balaban J connectivity index is 1.14. The molecule has 0 saturated carbocycles. The quantitative estimate of drug-likeness (QED) is 0.320. The fourth-order valence-electron chi connectivity index (χ4n) is 4.34. The van der Waals surface area contributed by atoms with E-state index in [-0.39, 0.29) is 18.4 Å². The molecule has 7 nitrogen and oxygen atoms in total. The number of ether oxygens (including phenoxy) is 1. The molecule has 3 aromatic carbocycles. The number of nitrogens with zero attached hydrogens (tertiary/aromatic N) is 4. The molecule has 0 aliphatic carbocycles. The minimum absolute atomic E-state index is 0.000271. The summed E-state index contributed by atoms with van der Waals surface area (Å²) in [5.41, 5.74) is 1.65. The Morgan fingerprint density at radius 2 is 1.89 bits per heavy atom. The second-order valence-corrected chi connectivity index (χ2v) is 10.5. The molecule has 5 rings (SSSR count). The second-order valence-electron chi connectivity index (χ2n) is 8.70. The van der Waals surface area contributed by atoms with Crippen molar-refractivity contribution in [1.82, 2.24) is 19.9 Å². The summed E-state index contributed by atoms with van der Waals surface area (Å²) in [7, 11) is 0. The van der Waals surface area contributed by atoms with Crippen LogP contribution in [0.1, 0.15) is 29.7 Å². The molecular weight excluding hydrogens is 576 g/mol. The maximum atomic E-state index is 12.8. The van der Waals surface area contributed by atoms with Crippen molar-refractivity contribution in [3.05, 3.63) is 87.1 Å². The Hall–Kier alpha value is -2.75. The maximum absolute atomic E-state index is 12.8. The molecule has 2 heterocycles. The van der Waals surface area contributed by atoms with Crippen LogP contribution in [0.25, 0.3) is 10.8 Å². The lowest BCUT2D eigenvalue weighted by Gasteiger charge is -2.16. The van der Waals surface area contributed by atoms with E-state index in [1.165, 1.54) is 0 Å². The highest BCUT2D eigenvalue weighted by molar-refractivity contribution is 9.10. The SMILES string of the molecule is O=C(COc1ccc2cc(Br)ccc2c1)N1CCC(c2cn(C[C@@H](O)c3cccc(Br)c3)nn2)C1. The Morgan fingerprint density at radius 3 is 2.74 bits per heavy atom. The normalized spacial score (nSPS) is 16.5. The fraction of sp³-hybridized carbons (Fsp3) is 0.269. The smallest absolute Gasteiger partial charge is 0.260 e. The fourth-order valence-corrected chi connectivity index (χ4v) is 5.13. The van der Waals surface area contributed by atoms with Crippen LogP contribution in [-0.2, 0) is 11.3 Å². The molecule has 1 amide bonds. The van der Waals surface area contributed by atoms with Gasteiger partial charge in [-0.1, -0.05) is 61.3 Å². The number of fused-ring (bicyclic) bond motifs is 1. The number of benzene rings is 3. The van der Waals surface area contributed by atoms with Gasteiger partial charge in [0, 0.05) is 34.1 Å². The molecule has 1 aliphatic heterocycles. The van der Waals surface area contributed by atoms with E-state index < -0.39 is 6.10 Å². The van der Waals surface area contributed by atoms with Gasteiger partial charge in [0.15, 0.2) is 6.61 Å². The predicted molar refractivity (Wildman–Crippen MR) is 140 cm³/mol. The summed E-state index contributed by atoms with van der Waals surface area (Å²) in [5.74, 6) is 0.756. The van der Waals surface area contributed by atoms with Gasteiger partial charge in [-0.2, -0.15) is 0 Å². The number of hydrogen-bond acceptors (Lipinski definition) is 5. The Morgan fingerprint density at radius 1 is 1.09 bits per heavy atom. The molecule has 1 aromatic heterocycles. The lowest BCUT2D eigenvalue weighted by Crippen LogP contribution is -2.32. The van der Waals surface area contributed by atoms with E-state index in [0.717, 1.165) is 37.4 Å². The average Bonchev–Trinajstić information content (AvgIpc) is 3.52. The van der Waals surface area contributed by atoms with E-state index in [2.05, 4.69) is 42.2 Å². The number of aromatic nitrogens is 3. The predicted octanol–water partition coefficient (Wildman–Crippen LogP) is 5.08. The molecule has 180 valence electrons. The van der Waals surface area contributed by atoms with Crippen LogP contribution in [0.3, 0.4) is 0 Å².